The van der Waals surface area contributed by atoms with Crippen LogP contribution in [0.15, 0.2) is 0 Å². The minimum Gasteiger partial charge on any atom is -0.466 e. The molecular formula is C15H28N2O3. The Morgan fingerprint density at radius 2 is 1.85 bits per heavy atom. The summed E-state index contributed by atoms with van der Waals surface area (Å²) in [6.07, 6.45) is 1.54. The molecule has 5 nitrogen and oxygen atoms in total. The van der Waals surface area contributed by atoms with Crippen molar-refractivity contribution in [2.24, 2.45) is 5.92 Å². The fourth-order valence-corrected chi connectivity index (χ4v) is 2.42. The second kappa shape index (κ2) is 7.07. The van der Waals surface area contributed by atoms with E-state index in [-0.39, 0.29) is 29.4 Å². The Bertz CT molecular complexity index is 342. The van der Waals surface area contributed by atoms with E-state index in [1.807, 2.05) is 34.6 Å². The number of likely N-dealkylation sites (tertiary alicyclic amines) is 1. The van der Waals surface area contributed by atoms with E-state index in [2.05, 4.69) is 10.2 Å². The maximum atomic E-state index is 12.1. The molecule has 0 aromatic heterocycles. The molecule has 0 aromatic rings. The highest BCUT2D eigenvalue weighted by atomic mass is 16.5. The molecular weight excluding hydrogens is 256 g/mol. The number of piperidine rings is 1. The van der Waals surface area contributed by atoms with E-state index in [0.717, 1.165) is 25.9 Å². The summed E-state index contributed by atoms with van der Waals surface area (Å²) in [6.45, 7) is 11.6. The first-order valence-corrected chi connectivity index (χ1v) is 7.47. The molecule has 1 aliphatic heterocycles. The number of hydrogen-bond donors (Lipinski definition) is 1. The molecule has 116 valence electrons. The monoisotopic (exact) mass is 284 g/mol. The summed E-state index contributed by atoms with van der Waals surface area (Å²) in [5.41, 5.74) is -0.214. The average molecular weight is 284 g/mol. The van der Waals surface area contributed by atoms with Gasteiger partial charge >= 0.3 is 5.97 Å². The molecule has 0 aromatic carbocycles. The van der Waals surface area contributed by atoms with Gasteiger partial charge < -0.3 is 10.1 Å². The van der Waals surface area contributed by atoms with Crippen LogP contribution in [-0.4, -0.2) is 48.1 Å². The first kappa shape index (κ1) is 17.0. The Hall–Kier alpha value is -1.10. The first-order chi connectivity index (χ1) is 9.24. The lowest BCUT2D eigenvalue weighted by Gasteiger charge is -2.35. The molecule has 20 heavy (non-hydrogen) atoms. The van der Waals surface area contributed by atoms with Gasteiger partial charge in [-0.15, -0.1) is 0 Å². The summed E-state index contributed by atoms with van der Waals surface area (Å²) in [7, 11) is 0. The Morgan fingerprint density at radius 3 is 2.30 bits per heavy atom. The van der Waals surface area contributed by atoms with Crippen molar-refractivity contribution in [1.29, 1.82) is 0 Å². The van der Waals surface area contributed by atoms with Crippen molar-refractivity contribution in [3.8, 4) is 0 Å². The van der Waals surface area contributed by atoms with Crippen LogP contribution in [0.4, 0.5) is 0 Å². The summed E-state index contributed by atoms with van der Waals surface area (Å²) >= 11 is 0. The third-order valence-corrected chi connectivity index (χ3v) is 3.57. The lowest BCUT2D eigenvalue weighted by Crippen LogP contribution is -2.53. The van der Waals surface area contributed by atoms with Crippen molar-refractivity contribution in [3.63, 3.8) is 0 Å². The average Bonchev–Trinajstić information content (AvgIpc) is 2.36. The molecule has 5 heteroatoms. The number of ether oxygens (including phenoxy) is 1. The summed E-state index contributed by atoms with van der Waals surface area (Å²) in [6, 6.07) is -0.155. The standard InChI is InChI=1S/C15H28N2O3/c1-6-20-14(19)12-7-9-17(10-8-12)11(2)13(18)16-15(3,4)5/h11-12H,6-10H2,1-5H3,(H,16,18). The van der Waals surface area contributed by atoms with Crippen molar-refractivity contribution < 1.29 is 14.3 Å². The predicted molar refractivity (Wildman–Crippen MR) is 78.3 cm³/mol. The molecule has 0 saturated carbocycles. The van der Waals surface area contributed by atoms with Crippen LogP contribution in [0.25, 0.3) is 0 Å². The van der Waals surface area contributed by atoms with Crippen LogP contribution < -0.4 is 5.32 Å². The van der Waals surface area contributed by atoms with Crippen molar-refractivity contribution in [2.45, 2.75) is 59.0 Å². The van der Waals surface area contributed by atoms with Crippen LogP contribution in [0, 0.1) is 5.92 Å². The van der Waals surface area contributed by atoms with E-state index in [9.17, 15) is 9.59 Å². The second-order valence-corrected chi connectivity index (χ2v) is 6.48. The molecule has 0 aliphatic carbocycles. The van der Waals surface area contributed by atoms with Gasteiger partial charge in [0.05, 0.1) is 18.6 Å². The first-order valence-electron chi connectivity index (χ1n) is 7.47. The van der Waals surface area contributed by atoms with Gasteiger partial charge in [0.15, 0.2) is 0 Å². The van der Waals surface area contributed by atoms with Gasteiger partial charge in [0.1, 0.15) is 0 Å². The molecule has 1 rings (SSSR count). The van der Waals surface area contributed by atoms with Gasteiger partial charge in [-0.25, -0.2) is 0 Å². The number of nitrogens with zero attached hydrogens (tertiary/aromatic N) is 1. The Morgan fingerprint density at radius 1 is 1.30 bits per heavy atom. The molecule has 0 spiro atoms. The van der Waals surface area contributed by atoms with Crippen LogP contribution in [0.3, 0.4) is 0 Å². The van der Waals surface area contributed by atoms with Crippen molar-refractivity contribution in [2.75, 3.05) is 19.7 Å². The number of carbonyl (C=O) groups excluding carboxylic acids is 2. The Balaban J connectivity index is 2.44. The zero-order valence-corrected chi connectivity index (χ0v) is 13.4. The second-order valence-electron chi connectivity index (χ2n) is 6.48. The van der Waals surface area contributed by atoms with E-state index in [1.165, 1.54) is 0 Å². The van der Waals surface area contributed by atoms with Crippen LogP contribution in [-0.2, 0) is 14.3 Å². The SMILES string of the molecule is CCOC(=O)C1CCN(C(C)C(=O)NC(C)(C)C)CC1. The maximum Gasteiger partial charge on any atom is 0.309 e. The molecule has 1 saturated heterocycles. The van der Waals surface area contributed by atoms with Crippen LogP contribution in [0.2, 0.25) is 0 Å². The molecule has 1 atom stereocenters. The van der Waals surface area contributed by atoms with E-state index >= 15 is 0 Å². The molecule has 0 radical (unpaired) electrons. The summed E-state index contributed by atoms with van der Waals surface area (Å²) in [5.74, 6) is -0.0601. The van der Waals surface area contributed by atoms with Crippen LogP contribution in [0.5, 0.6) is 0 Å². The number of nitrogens with one attached hydrogen (secondary N) is 1. The van der Waals surface area contributed by atoms with Gasteiger partial charge in [-0.1, -0.05) is 0 Å². The number of rotatable bonds is 4. The molecule has 1 fully saturated rings. The lowest BCUT2D eigenvalue weighted by atomic mass is 9.96. The molecule has 1 amide bonds. The van der Waals surface area contributed by atoms with Crippen LogP contribution >= 0.6 is 0 Å². The fourth-order valence-electron chi connectivity index (χ4n) is 2.42. The normalized spacial score (nSPS) is 19.4. The highest BCUT2D eigenvalue weighted by Gasteiger charge is 2.31. The third kappa shape index (κ3) is 5.12. The summed E-state index contributed by atoms with van der Waals surface area (Å²) in [4.78, 5) is 25.9. The zero-order chi connectivity index (χ0) is 15.3. The van der Waals surface area contributed by atoms with E-state index in [4.69, 9.17) is 4.74 Å². The van der Waals surface area contributed by atoms with E-state index in [0.29, 0.717) is 6.61 Å². The van der Waals surface area contributed by atoms with Crippen molar-refractivity contribution in [1.82, 2.24) is 10.2 Å². The summed E-state index contributed by atoms with van der Waals surface area (Å²) in [5, 5.41) is 3.00. The predicted octanol–water partition coefficient (Wildman–Crippen LogP) is 1.56. The molecule has 1 aliphatic rings. The fraction of sp³-hybridized carbons (Fsp3) is 0.867. The number of hydrogen-bond acceptors (Lipinski definition) is 4. The highest BCUT2D eigenvalue weighted by Crippen LogP contribution is 2.20. The van der Waals surface area contributed by atoms with Crippen molar-refractivity contribution in [3.05, 3.63) is 0 Å². The molecule has 1 heterocycles. The lowest BCUT2D eigenvalue weighted by molar-refractivity contribution is -0.149. The topological polar surface area (TPSA) is 58.6 Å². The van der Waals surface area contributed by atoms with Crippen molar-refractivity contribution >= 4 is 11.9 Å². The maximum absolute atomic E-state index is 12.1. The number of carbonyl (C=O) groups is 2. The number of amides is 1. The Labute approximate surface area is 122 Å². The molecule has 0 bridgehead atoms. The van der Waals surface area contributed by atoms with E-state index in [1.54, 1.807) is 0 Å². The van der Waals surface area contributed by atoms with Gasteiger partial charge in [-0.3, -0.25) is 14.5 Å². The largest absolute Gasteiger partial charge is 0.466 e. The summed E-state index contributed by atoms with van der Waals surface area (Å²) < 4.78 is 5.05. The Kier molecular flexibility index (Phi) is 5.99. The van der Waals surface area contributed by atoms with Gasteiger partial charge in [0, 0.05) is 5.54 Å². The van der Waals surface area contributed by atoms with Gasteiger partial charge in [0.2, 0.25) is 5.91 Å². The van der Waals surface area contributed by atoms with Gasteiger partial charge in [0.25, 0.3) is 0 Å². The van der Waals surface area contributed by atoms with Gasteiger partial charge in [-0.05, 0) is 60.5 Å². The van der Waals surface area contributed by atoms with Gasteiger partial charge in [-0.2, -0.15) is 0 Å². The van der Waals surface area contributed by atoms with Crippen LogP contribution in [0.1, 0.15) is 47.5 Å². The third-order valence-electron chi connectivity index (χ3n) is 3.57. The highest BCUT2D eigenvalue weighted by molar-refractivity contribution is 5.82. The molecule has 1 unspecified atom stereocenters. The smallest absolute Gasteiger partial charge is 0.309 e. The zero-order valence-electron chi connectivity index (χ0n) is 13.4. The minimum atomic E-state index is -0.214. The quantitative estimate of drug-likeness (QED) is 0.796. The molecule has 1 N–H and O–H groups in total. The minimum absolute atomic E-state index is 0.0101. The number of esters is 1. The van der Waals surface area contributed by atoms with E-state index < -0.39 is 0 Å².